The number of unbranched alkanes of at least 4 members (excludes halogenated alkanes) is 2. The predicted molar refractivity (Wildman–Crippen MR) is 112 cm³/mol. The Labute approximate surface area is 161 Å². The van der Waals surface area contributed by atoms with Crippen LogP contribution in [0.5, 0.6) is 0 Å². The molecule has 2 unspecified atom stereocenters. The summed E-state index contributed by atoms with van der Waals surface area (Å²) in [6, 6.07) is 9.19. The van der Waals surface area contributed by atoms with E-state index in [0.29, 0.717) is 6.10 Å². The third-order valence-electron chi connectivity index (χ3n) is 6.54. The Hall–Kier alpha value is -1.08. The van der Waals surface area contributed by atoms with Crippen molar-refractivity contribution in [2.45, 2.75) is 90.1 Å². The Morgan fingerprint density at radius 1 is 0.885 bits per heavy atom. The van der Waals surface area contributed by atoms with Gasteiger partial charge in [0.2, 0.25) is 0 Å². The van der Waals surface area contributed by atoms with E-state index >= 15 is 0 Å². The summed E-state index contributed by atoms with van der Waals surface area (Å²) < 4.78 is 6.27. The van der Waals surface area contributed by atoms with E-state index in [2.05, 4.69) is 50.3 Å². The lowest BCUT2D eigenvalue weighted by Gasteiger charge is -2.30. The maximum absolute atomic E-state index is 6.27. The van der Waals surface area contributed by atoms with Crippen molar-refractivity contribution in [1.82, 2.24) is 0 Å². The van der Waals surface area contributed by atoms with Gasteiger partial charge in [-0.25, -0.2) is 0 Å². The third-order valence-corrected chi connectivity index (χ3v) is 6.54. The van der Waals surface area contributed by atoms with Crippen molar-refractivity contribution in [3.05, 3.63) is 47.5 Å². The maximum atomic E-state index is 6.27. The molecule has 2 aliphatic rings. The molecule has 0 spiro atoms. The van der Waals surface area contributed by atoms with Gasteiger partial charge in [0.15, 0.2) is 0 Å². The van der Waals surface area contributed by atoms with Crippen LogP contribution in [-0.2, 0) is 4.74 Å². The number of benzene rings is 1. The van der Waals surface area contributed by atoms with Crippen LogP contribution in [0.2, 0.25) is 0 Å². The molecule has 0 heterocycles. The first kappa shape index (κ1) is 19.7. The van der Waals surface area contributed by atoms with Crippen LogP contribution in [0.1, 0.15) is 88.2 Å². The quantitative estimate of drug-likeness (QED) is 0.354. The van der Waals surface area contributed by atoms with E-state index in [4.69, 9.17) is 4.74 Å². The molecule has 1 heteroatoms. The van der Waals surface area contributed by atoms with Crippen molar-refractivity contribution in [3.63, 3.8) is 0 Å². The van der Waals surface area contributed by atoms with Crippen LogP contribution in [0.15, 0.2) is 36.4 Å². The number of hydrogen-bond acceptors (Lipinski definition) is 1. The van der Waals surface area contributed by atoms with E-state index < -0.39 is 0 Å². The highest BCUT2D eigenvalue weighted by atomic mass is 16.5. The zero-order valence-corrected chi connectivity index (χ0v) is 17.0. The number of hydrogen-bond donors (Lipinski definition) is 0. The SMILES string of the molecule is CCCCCC1C=CC(OCC2CCC(c3ccc(C)cc3)CC2)CC1. The molecule has 26 heavy (non-hydrogen) atoms. The summed E-state index contributed by atoms with van der Waals surface area (Å²) in [5, 5.41) is 0. The Balaban J connectivity index is 1.34. The second kappa shape index (κ2) is 10.3. The van der Waals surface area contributed by atoms with Gasteiger partial charge in [-0.05, 0) is 75.2 Å². The fraction of sp³-hybridized carbons (Fsp3) is 0.680. The molecule has 1 nitrogen and oxygen atoms in total. The zero-order chi connectivity index (χ0) is 18.2. The van der Waals surface area contributed by atoms with E-state index in [0.717, 1.165) is 24.4 Å². The summed E-state index contributed by atoms with van der Waals surface area (Å²) in [7, 11) is 0. The van der Waals surface area contributed by atoms with Crippen molar-refractivity contribution in [2.75, 3.05) is 6.61 Å². The number of aryl methyl sites for hydroxylation is 1. The fourth-order valence-electron chi connectivity index (χ4n) is 4.65. The van der Waals surface area contributed by atoms with Gasteiger partial charge in [-0.2, -0.15) is 0 Å². The molecule has 0 aliphatic heterocycles. The van der Waals surface area contributed by atoms with Gasteiger partial charge in [0.1, 0.15) is 0 Å². The highest BCUT2D eigenvalue weighted by molar-refractivity contribution is 5.24. The van der Waals surface area contributed by atoms with E-state index in [1.807, 2.05) is 0 Å². The molecular weight excluding hydrogens is 316 g/mol. The smallest absolute Gasteiger partial charge is 0.0756 e. The second-order valence-electron chi connectivity index (χ2n) is 8.72. The van der Waals surface area contributed by atoms with Crippen molar-refractivity contribution >= 4 is 0 Å². The van der Waals surface area contributed by atoms with E-state index in [-0.39, 0.29) is 0 Å². The molecular formula is C25H38O. The normalized spacial score (nSPS) is 29.0. The highest BCUT2D eigenvalue weighted by Crippen LogP contribution is 2.36. The van der Waals surface area contributed by atoms with E-state index in [9.17, 15) is 0 Å². The maximum Gasteiger partial charge on any atom is 0.0756 e. The largest absolute Gasteiger partial charge is 0.374 e. The first-order valence-electron chi connectivity index (χ1n) is 11.1. The lowest BCUT2D eigenvalue weighted by Crippen LogP contribution is -2.23. The minimum atomic E-state index is 0.382. The van der Waals surface area contributed by atoms with Crippen LogP contribution >= 0.6 is 0 Å². The van der Waals surface area contributed by atoms with Crippen molar-refractivity contribution in [1.29, 1.82) is 0 Å². The minimum Gasteiger partial charge on any atom is -0.374 e. The molecule has 0 radical (unpaired) electrons. The van der Waals surface area contributed by atoms with Crippen LogP contribution in [0.4, 0.5) is 0 Å². The summed E-state index contributed by atoms with van der Waals surface area (Å²) in [5.41, 5.74) is 2.91. The summed E-state index contributed by atoms with van der Waals surface area (Å²) in [4.78, 5) is 0. The number of rotatable bonds is 8. The van der Waals surface area contributed by atoms with Crippen LogP contribution in [0, 0.1) is 18.8 Å². The lowest BCUT2D eigenvalue weighted by molar-refractivity contribution is 0.0346. The first-order valence-corrected chi connectivity index (χ1v) is 11.1. The van der Waals surface area contributed by atoms with Gasteiger partial charge in [0, 0.05) is 0 Å². The Morgan fingerprint density at radius 2 is 1.65 bits per heavy atom. The number of ether oxygens (including phenoxy) is 1. The molecule has 2 aliphatic carbocycles. The topological polar surface area (TPSA) is 9.23 Å². The van der Waals surface area contributed by atoms with Gasteiger partial charge in [-0.15, -0.1) is 0 Å². The molecule has 1 fully saturated rings. The van der Waals surface area contributed by atoms with Crippen LogP contribution in [0.3, 0.4) is 0 Å². The Bertz CT molecular complexity index is 536. The number of allylic oxidation sites excluding steroid dienone is 1. The highest BCUT2D eigenvalue weighted by Gasteiger charge is 2.24. The van der Waals surface area contributed by atoms with Gasteiger partial charge < -0.3 is 4.74 Å². The van der Waals surface area contributed by atoms with Gasteiger partial charge in [-0.1, -0.05) is 68.2 Å². The molecule has 2 atom stereocenters. The molecule has 144 valence electrons. The van der Waals surface area contributed by atoms with Gasteiger partial charge in [0.05, 0.1) is 12.7 Å². The average Bonchev–Trinajstić information content (AvgIpc) is 2.69. The molecule has 0 N–H and O–H groups in total. The lowest BCUT2D eigenvalue weighted by atomic mass is 9.79. The molecule has 0 saturated heterocycles. The fourth-order valence-corrected chi connectivity index (χ4v) is 4.65. The average molecular weight is 355 g/mol. The molecule has 1 aromatic carbocycles. The predicted octanol–water partition coefficient (Wildman–Crippen LogP) is 7.20. The Morgan fingerprint density at radius 3 is 2.31 bits per heavy atom. The Kier molecular flexibility index (Phi) is 7.80. The summed E-state index contributed by atoms with van der Waals surface area (Å²) in [6.07, 6.45) is 18.5. The summed E-state index contributed by atoms with van der Waals surface area (Å²) in [5.74, 6) is 2.35. The molecule has 0 bridgehead atoms. The van der Waals surface area contributed by atoms with Crippen molar-refractivity contribution in [2.24, 2.45) is 11.8 Å². The third kappa shape index (κ3) is 5.98. The monoisotopic (exact) mass is 354 g/mol. The molecule has 1 aromatic rings. The van der Waals surface area contributed by atoms with Crippen molar-refractivity contribution in [3.8, 4) is 0 Å². The molecule has 1 saturated carbocycles. The molecule has 3 rings (SSSR count). The van der Waals surface area contributed by atoms with Crippen molar-refractivity contribution < 1.29 is 4.74 Å². The van der Waals surface area contributed by atoms with Crippen LogP contribution in [-0.4, -0.2) is 12.7 Å². The van der Waals surface area contributed by atoms with E-state index in [1.165, 1.54) is 69.8 Å². The molecule has 0 amide bonds. The van der Waals surface area contributed by atoms with Crippen LogP contribution in [0.25, 0.3) is 0 Å². The summed E-state index contributed by atoms with van der Waals surface area (Å²) >= 11 is 0. The second-order valence-corrected chi connectivity index (χ2v) is 8.72. The van der Waals surface area contributed by atoms with Crippen LogP contribution < -0.4 is 0 Å². The molecule has 0 aromatic heterocycles. The summed E-state index contributed by atoms with van der Waals surface area (Å²) in [6.45, 7) is 5.43. The van der Waals surface area contributed by atoms with E-state index in [1.54, 1.807) is 5.56 Å². The first-order chi connectivity index (χ1) is 12.7. The van der Waals surface area contributed by atoms with Gasteiger partial charge >= 0.3 is 0 Å². The van der Waals surface area contributed by atoms with Gasteiger partial charge in [0.25, 0.3) is 0 Å². The zero-order valence-electron chi connectivity index (χ0n) is 17.0. The van der Waals surface area contributed by atoms with Gasteiger partial charge in [-0.3, -0.25) is 0 Å². The minimum absolute atomic E-state index is 0.382. The standard InChI is InChI=1S/C25H38O/c1-3-4-5-6-21-11-17-25(18-12-21)26-19-22-9-15-24(16-10-22)23-13-7-20(2)8-14-23/h7-8,11,13-14,17,21-22,24-25H,3-6,9-10,12,15-16,18-19H2,1-2H3.